The molecule has 6 heteroatoms. The van der Waals surface area contributed by atoms with Crippen molar-refractivity contribution in [1.29, 1.82) is 0 Å². The first-order chi connectivity index (χ1) is 19.4. The van der Waals surface area contributed by atoms with Gasteiger partial charge in [-0.05, 0) is 72.1 Å². The number of rotatable bonds is 21. The molecule has 4 nitrogen and oxygen atoms in total. The number of hydrogen-bond donors (Lipinski definition) is 0. The first-order valence-electron chi connectivity index (χ1n) is 15.8. The Balaban J connectivity index is 0.00000882. The van der Waals surface area contributed by atoms with E-state index in [2.05, 4.69) is 97.2 Å². The van der Waals surface area contributed by atoms with Crippen LogP contribution in [0.15, 0.2) is 48.5 Å². The van der Waals surface area contributed by atoms with E-state index >= 15 is 0 Å². The molecule has 2 rings (SSSR count). The van der Waals surface area contributed by atoms with Crippen LogP contribution < -0.4 is 26.5 Å². The third kappa shape index (κ3) is 17.1. The quantitative estimate of drug-likeness (QED) is 0.0873. The van der Waals surface area contributed by atoms with E-state index in [4.69, 9.17) is 25.8 Å². The molecule has 0 aromatic heterocycles. The molecule has 0 atom stereocenters. The monoisotopic (exact) mass is 667 g/mol. The van der Waals surface area contributed by atoms with Gasteiger partial charge < -0.3 is 35.7 Å². The second kappa shape index (κ2) is 19.9. The average molecular weight is 669 g/mol. The van der Waals surface area contributed by atoms with Gasteiger partial charge in [-0.3, -0.25) is 0 Å². The van der Waals surface area contributed by atoms with Crippen LogP contribution in [-0.2, 0) is 16.7 Å². The summed E-state index contributed by atoms with van der Waals surface area (Å²) in [6.45, 7) is 16.1. The van der Waals surface area contributed by atoms with Crippen molar-refractivity contribution in [1.82, 2.24) is 0 Å². The highest BCUT2D eigenvalue weighted by Gasteiger charge is 2.27. The molecule has 0 aliphatic rings. The normalized spacial score (nSPS) is 12.2. The summed E-state index contributed by atoms with van der Waals surface area (Å²) in [6, 6.07) is 17.2. The predicted molar refractivity (Wildman–Crippen MR) is 176 cm³/mol. The van der Waals surface area contributed by atoms with Crippen molar-refractivity contribution in [3.05, 3.63) is 59.7 Å². The minimum absolute atomic E-state index is 0. The van der Waals surface area contributed by atoms with Gasteiger partial charge in [0.1, 0.15) is 31.2 Å². The van der Waals surface area contributed by atoms with Gasteiger partial charge in [0.2, 0.25) is 0 Å². The van der Waals surface area contributed by atoms with Gasteiger partial charge >= 0.3 is 0 Å². The van der Waals surface area contributed by atoms with E-state index in [0.717, 1.165) is 60.8 Å². The smallest absolute Gasteiger partial charge is 0.119 e. The topological polar surface area (TPSA) is 27.7 Å². The number of halogens is 2. The van der Waals surface area contributed by atoms with Crippen molar-refractivity contribution < 1.29 is 35.7 Å². The van der Waals surface area contributed by atoms with E-state index < -0.39 is 0 Å². The maximum absolute atomic E-state index is 5.95. The van der Waals surface area contributed by atoms with Gasteiger partial charge in [-0.15, -0.1) is 11.6 Å². The highest BCUT2D eigenvalue weighted by atomic mass is 79.9. The predicted octanol–water partition coefficient (Wildman–Crippen LogP) is 6.42. The highest BCUT2D eigenvalue weighted by molar-refractivity contribution is 6.17. The third-order valence-electron chi connectivity index (χ3n) is 7.53. The van der Waals surface area contributed by atoms with Gasteiger partial charge in [0, 0.05) is 11.4 Å². The molecule has 0 aliphatic heterocycles. The van der Waals surface area contributed by atoms with Crippen LogP contribution in [0.3, 0.4) is 0 Å². The van der Waals surface area contributed by atoms with Crippen molar-refractivity contribution in [2.75, 3.05) is 52.9 Å². The summed E-state index contributed by atoms with van der Waals surface area (Å²) in [5.74, 6) is 2.66. The molecule has 42 heavy (non-hydrogen) atoms. The number of ether oxygens (including phenoxy) is 3. The lowest BCUT2D eigenvalue weighted by molar-refractivity contribution is -0.904. The fraction of sp³-hybridized carbons (Fsp3) is 0.667. The van der Waals surface area contributed by atoms with E-state index in [0.29, 0.717) is 25.2 Å². The van der Waals surface area contributed by atoms with Gasteiger partial charge in [0.15, 0.2) is 0 Å². The molecule has 0 saturated carbocycles. The Bertz CT molecular complexity index is 955. The Kier molecular flexibility index (Phi) is 18.4. The van der Waals surface area contributed by atoms with Crippen molar-refractivity contribution in [3.63, 3.8) is 0 Å². The molecule has 0 N–H and O–H groups in total. The van der Waals surface area contributed by atoms with Crippen molar-refractivity contribution in [3.8, 4) is 11.5 Å². The van der Waals surface area contributed by atoms with Crippen LogP contribution in [0.25, 0.3) is 0 Å². The van der Waals surface area contributed by atoms with Crippen LogP contribution in [0.5, 0.6) is 11.5 Å². The summed E-state index contributed by atoms with van der Waals surface area (Å²) in [5, 5.41) is 0. The number of likely N-dealkylation sites (N-methyl/N-ethyl adjacent to an activating group) is 1. The van der Waals surface area contributed by atoms with Crippen LogP contribution in [0.2, 0.25) is 0 Å². The van der Waals surface area contributed by atoms with E-state index in [9.17, 15) is 0 Å². The number of alkyl halides is 1. The van der Waals surface area contributed by atoms with Crippen LogP contribution in [0.1, 0.15) is 97.1 Å². The second-order valence-corrected chi connectivity index (χ2v) is 14.5. The Hall–Kier alpha value is -1.27. The first-order valence-corrected chi connectivity index (χ1v) is 16.3. The lowest BCUT2D eigenvalue weighted by Gasteiger charge is -2.33. The summed E-state index contributed by atoms with van der Waals surface area (Å²) >= 11 is 5.73. The fourth-order valence-electron chi connectivity index (χ4n) is 5.60. The molecular weight excluding hydrogens is 610 g/mol. The summed E-state index contributed by atoms with van der Waals surface area (Å²) in [6.07, 6.45) is 9.80. The maximum Gasteiger partial charge on any atom is 0.119 e. The zero-order valence-corrected chi connectivity index (χ0v) is 30.0. The molecule has 240 valence electrons. The third-order valence-corrected chi connectivity index (χ3v) is 7.79. The second-order valence-electron chi connectivity index (χ2n) is 14.1. The van der Waals surface area contributed by atoms with Crippen LogP contribution >= 0.6 is 11.6 Å². The molecule has 0 heterocycles. The molecular formula is C36H59BrClNO3. The number of unbranched alkanes of at least 4 members (excludes halogenated alkanes) is 6. The number of quaternary nitrogens is 1. The number of benzene rings is 2. The largest absolute Gasteiger partial charge is 1.00 e. The van der Waals surface area contributed by atoms with Crippen molar-refractivity contribution in [2.24, 2.45) is 5.41 Å². The molecule has 0 saturated heterocycles. The van der Waals surface area contributed by atoms with Crippen LogP contribution in [0.4, 0.5) is 0 Å². The summed E-state index contributed by atoms with van der Waals surface area (Å²) < 4.78 is 18.7. The maximum atomic E-state index is 5.95. The summed E-state index contributed by atoms with van der Waals surface area (Å²) in [7, 11) is 4.51. The molecule has 0 unspecified atom stereocenters. The Labute approximate surface area is 273 Å². The lowest BCUT2D eigenvalue weighted by atomic mass is 9.72. The minimum atomic E-state index is 0. The highest BCUT2D eigenvalue weighted by Crippen LogP contribution is 2.36. The Morgan fingerprint density at radius 3 is 1.74 bits per heavy atom. The van der Waals surface area contributed by atoms with E-state index in [1.165, 1.54) is 43.2 Å². The fourth-order valence-corrected chi connectivity index (χ4v) is 5.79. The molecule has 0 radical (unpaired) electrons. The zero-order chi connectivity index (χ0) is 30.2. The molecule has 2 aromatic carbocycles. The molecule has 0 spiro atoms. The van der Waals surface area contributed by atoms with Crippen molar-refractivity contribution >= 4 is 11.6 Å². The first kappa shape index (κ1) is 38.8. The standard InChI is InChI=1S/C36H59ClNO3.BrH/c1-35(2,3)30-36(4,5)32-17-21-34(22-18-32)41-28-27-39-26-24-38(6,7)29-31-15-19-33(20-16-31)40-25-14-12-10-8-9-11-13-23-37;/h15-22H,8-14,23-30H2,1-7H3;1H/q+1;/p-1. The Morgan fingerprint density at radius 2 is 1.17 bits per heavy atom. The van der Waals surface area contributed by atoms with Gasteiger partial charge in [-0.2, -0.15) is 0 Å². The molecule has 0 fully saturated rings. The molecule has 0 amide bonds. The SMILES string of the molecule is CC(C)(C)CC(C)(C)c1ccc(OCCOCC[N+](C)(C)Cc2ccc(OCCCCCCCCCCl)cc2)cc1.[Br-]. The van der Waals surface area contributed by atoms with Gasteiger partial charge in [0.25, 0.3) is 0 Å². The van der Waals surface area contributed by atoms with Crippen LogP contribution in [0, 0.1) is 5.41 Å². The van der Waals surface area contributed by atoms with Gasteiger partial charge in [0.05, 0.1) is 33.9 Å². The molecule has 2 aromatic rings. The average Bonchev–Trinajstić information content (AvgIpc) is 2.89. The van der Waals surface area contributed by atoms with Crippen LogP contribution in [-0.4, -0.2) is 57.4 Å². The summed E-state index contributed by atoms with van der Waals surface area (Å²) in [4.78, 5) is 0. The minimum Gasteiger partial charge on any atom is -1.00 e. The van der Waals surface area contributed by atoms with Gasteiger partial charge in [-0.1, -0.05) is 78.9 Å². The van der Waals surface area contributed by atoms with Crippen molar-refractivity contribution in [2.45, 2.75) is 97.9 Å². The van der Waals surface area contributed by atoms with Gasteiger partial charge in [-0.25, -0.2) is 0 Å². The zero-order valence-electron chi connectivity index (χ0n) is 27.7. The lowest BCUT2D eigenvalue weighted by Crippen LogP contribution is -3.00. The number of hydrogen-bond acceptors (Lipinski definition) is 3. The number of nitrogens with zero attached hydrogens (tertiary/aromatic N) is 1. The van der Waals surface area contributed by atoms with E-state index in [1.807, 2.05) is 0 Å². The Morgan fingerprint density at radius 1 is 0.643 bits per heavy atom. The molecule has 0 bridgehead atoms. The summed E-state index contributed by atoms with van der Waals surface area (Å²) in [5.41, 5.74) is 3.11. The molecule has 0 aliphatic carbocycles. The van der Waals surface area contributed by atoms with E-state index in [-0.39, 0.29) is 22.4 Å². The van der Waals surface area contributed by atoms with E-state index in [1.54, 1.807) is 0 Å².